The lowest BCUT2D eigenvalue weighted by Crippen LogP contribution is -2.30. The smallest absolute Gasteiger partial charge is 0.293 e. The number of nitro groups is 1. The maximum Gasteiger partial charge on any atom is 0.293 e. The van der Waals surface area contributed by atoms with E-state index in [-0.39, 0.29) is 27.9 Å². The second-order valence-corrected chi connectivity index (χ2v) is 6.11. The topological polar surface area (TPSA) is 75.4 Å². The quantitative estimate of drug-likeness (QED) is 0.632. The molecule has 0 spiro atoms. The van der Waals surface area contributed by atoms with Gasteiger partial charge in [0.05, 0.1) is 16.0 Å². The molecule has 0 atom stereocenters. The van der Waals surface area contributed by atoms with Crippen LogP contribution >= 0.6 is 15.9 Å². The highest BCUT2D eigenvalue weighted by Gasteiger charge is 2.33. The SMILES string of the molecule is O=[N+]([O-])c1cc(Br)c(F)cc1NCC1(CO)CCCC1. The van der Waals surface area contributed by atoms with E-state index in [1.165, 1.54) is 0 Å². The molecule has 0 heterocycles. The average Bonchev–Trinajstić information content (AvgIpc) is 2.89. The third-order valence-electron chi connectivity index (χ3n) is 3.89. The Morgan fingerprint density at radius 3 is 2.65 bits per heavy atom. The Bertz CT molecular complexity index is 519. The Morgan fingerprint density at radius 1 is 1.45 bits per heavy atom. The number of hydrogen-bond donors (Lipinski definition) is 2. The van der Waals surface area contributed by atoms with Crippen molar-refractivity contribution < 1.29 is 14.4 Å². The van der Waals surface area contributed by atoms with Gasteiger partial charge >= 0.3 is 0 Å². The maximum atomic E-state index is 13.5. The molecule has 2 N–H and O–H groups in total. The normalized spacial score (nSPS) is 17.1. The van der Waals surface area contributed by atoms with Crippen LogP contribution in [0.3, 0.4) is 0 Å². The van der Waals surface area contributed by atoms with Crippen molar-refractivity contribution in [3.05, 3.63) is 32.5 Å². The Labute approximate surface area is 124 Å². The van der Waals surface area contributed by atoms with Gasteiger partial charge in [0, 0.05) is 24.1 Å². The van der Waals surface area contributed by atoms with Crippen LogP contribution in [0, 0.1) is 21.3 Å². The summed E-state index contributed by atoms with van der Waals surface area (Å²) in [6, 6.07) is 2.26. The summed E-state index contributed by atoms with van der Waals surface area (Å²) in [6.45, 7) is 0.443. The zero-order valence-corrected chi connectivity index (χ0v) is 12.5. The van der Waals surface area contributed by atoms with Crippen LogP contribution in [-0.4, -0.2) is 23.2 Å². The molecule has 1 fully saturated rings. The highest BCUT2D eigenvalue weighted by molar-refractivity contribution is 9.10. The molecule has 1 saturated carbocycles. The molecule has 0 amide bonds. The Kier molecular flexibility index (Phi) is 4.59. The standard InChI is InChI=1S/C13H16BrFN2O3/c14-9-5-12(17(19)20)11(6-10(9)15)16-7-13(8-18)3-1-2-4-13/h5-6,16,18H,1-4,7-8H2. The number of aliphatic hydroxyl groups is 1. The van der Waals surface area contributed by atoms with Crippen molar-refractivity contribution in [2.75, 3.05) is 18.5 Å². The lowest BCUT2D eigenvalue weighted by Gasteiger charge is -2.27. The summed E-state index contributed by atoms with van der Waals surface area (Å²) < 4.78 is 13.6. The van der Waals surface area contributed by atoms with Crippen molar-refractivity contribution in [2.45, 2.75) is 25.7 Å². The molecule has 110 valence electrons. The summed E-state index contributed by atoms with van der Waals surface area (Å²) >= 11 is 2.94. The zero-order chi connectivity index (χ0) is 14.8. The molecule has 1 aromatic rings. The van der Waals surface area contributed by atoms with Crippen LogP contribution < -0.4 is 5.32 Å². The molecule has 0 aromatic heterocycles. The van der Waals surface area contributed by atoms with Gasteiger partial charge in [0.15, 0.2) is 0 Å². The number of nitrogens with zero attached hydrogens (tertiary/aromatic N) is 1. The molecular weight excluding hydrogens is 331 g/mol. The molecule has 0 bridgehead atoms. The first-order valence-corrected chi connectivity index (χ1v) is 7.25. The number of nitrogens with one attached hydrogen (secondary N) is 1. The minimum Gasteiger partial charge on any atom is -0.396 e. The van der Waals surface area contributed by atoms with E-state index in [9.17, 15) is 19.6 Å². The highest BCUT2D eigenvalue weighted by Crippen LogP contribution is 2.39. The molecule has 0 aliphatic heterocycles. The first-order chi connectivity index (χ1) is 9.47. The summed E-state index contributed by atoms with van der Waals surface area (Å²) in [6.07, 6.45) is 3.84. The number of halogens is 2. The van der Waals surface area contributed by atoms with E-state index in [1.54, 1.807) is 0 Å². The first kappa shape index (κ1) is 15.2. The van der Waals surface area contributed by atoms with Gasteiger partial charge in [-0.25, -0.2) is 4.39 Å². The van der Waals surface area contributed by atoms with Gasteiger partial charge in [-0.1, -0.05) is 12.8 Å². The molecule has 1 aliphatic carbocycles. The van der Waals surface area contributed by atoms with Gasteiger partial charge in [0.1, 0.15) is 11.5 Å². The van der Waals surface area contributed by atoms with Gasteiger partial charge < -0.3 is 10.4 Å². The van der Waals surface area contributed by atoms with E-state index in [1.807, 2.05) is 0 Å². The molecule has 0 radical (unpaired) electrons. The molecule has 2 rings (SSSR count). The lowest BCUT2D eigenvalue weighted by molar-refractivity contribution is -0.384. The van der Waals surface area contributed by atoms with Crippen LogP contribution in [-0.2, 0) is 0 Å². The molecule has 0 saturated heterocycles. The molecule has 1 aromatic carbocycles. The predicted molar refractivity (Wildman–Crippen MR) is 77.2 cm³/mol. The van der Waals surface area contributed by atoms with Crippen molar-refractivity contribution >= 4 is 27.3 Å². The highest BCUT2D eigenvalue weighted by atomic mass is 79.9. The van der Waals surface area contributed by atoms with Gasteiger partial charge in [-0.2, -0.15) is 0 Å². The molecule has 20 heavy (non-hydrogen) atoms. The van der Waals surface area contributed by atoms with Crippen LogP contribution in [0.25, 0.3) is 0 Å². The molecule has 5 nitrogen and oxygen atoms in total. The number of benzene rings is 1. The van der Waals surface area contributed by atoms with Gasteiger partial charge in [0.25, 0.3) is 5.69 Å². The van der Waals surface area contributed by atoms with Crippen LogP contribution in [0.15, 0.2) is 16.6 Å². The average molecular weight is 347 g/mol. The van der Waals surface area contributed by atoms with Crippen molar-refractivity contribution in [3.8, 4) is 0 Å². The van der Waals surface area contributed by atoms with E-state index >= 15 is 0 Å². The second kappa shape index (κ2) is 6.05. The van der Waals surface area contributed by atoms with Crippen LogP contribution in [0.2, 0.25) is 0 Å². The minimum absolute atomic E-state index is 0.0345. The number of anilines is 1. The zero-order valence-electron chi connectivity index (χ0n) is 10.9. The van der Waals surface area contributed by atoms with Gasteiger partial charge in [0.2, 0.25) is 0 Å². The summed E-state index contributed by atoms with van der Waals surface area (Å²) in [5.41, 5.74) is -0.281. The molecule has 7 heteroatoms. The fourth-order valence-electron chi connectivity index (χ4n) is 2.63. The molecule has 1 aliphatic rings. The van der Waals surface area contributed by atoms with Crippen LogP contribution in [0.5, 0.6) is 0 Å². The minimum atomic E-state index is -0.553. The number of rotatable bonds is 5. The fraction of sp³-hybridized carbons (Fsp3) is 0.538. The number of aliphatic hydroxyl groups excluding tert-OH is 1. The fourth-order valence-corrected chi connectivity index (χ4v) is 2.96. The van der Waals surface area contributed by atoms with Crippen molar-refractivity contribution in [3.63, 3.8) is 0 Å². The van der Waals surface area contributed by atoms with Gasteiger partial charge in [-0.3, -0.25) is 10.1 Å². The summed E-state index contributed by atoms with van der Waals surface area (Å²) in [7, 11) is 0. The number of nitro benzene ring substituents is 1. The van der Waals surface area contributed by atoms with Gasteiger partial charge in [-0.05, 0) is 28.8 Å². The Morgan fingerprint density at radius 2 is 2.10 bits per heavy atom. The number of hydrogen-bond acceptors (Lipinski definition) is 4. The van der Waals surface area contributed by atoms with Crippen molar-refractivity contribution in [1.82, 2.24) is 0 Å². The second-order valence-electron chi connectivity index (χ2n) is 5.26. The van der Waals surface area contributed by atoms with Crippen molar-refractivity contribution in [2.24, 2.45) is 5.41 Å². The summed E-state index contributed by atoms with van der Waals surface area (Å²) in [4.78, 5) is 10.5. The Hall–Kier alpha value is -1.21. The van der Waals surface area contributed by atoms with E-state index in [4.69, 9.17) is 0 Å². The molecular formula is C13H16BrFN2O3. The van der Waals surface area contributed by atoms with E-state index in [2.05, 4.69) is 21.2 Å². The summed E-state index contributed by atoms with van der Waals surface area (Å²) in [5, 5.41) is 23.5. The van der Waals surface area contributed by atoms with Crippen LogP contribution in [0.1, 0.15) is 25.7 Å². The monoisotopic (exact) mass is 346 g/mol. The predicted octanol–water partition coefficient (Wildman–Crippen LogP) is 3.46. The lowest BCUT2D eigenvalue weighted by atomic mass is 9.87. The van der Waals surface area contributed by atoms with Crippen LogP contribution in [0.4, 0.5) is 15.8 Å². The van der Waals surface area contributed by atoms with E-state index in [0.29, 0.717) is 6.54 Å². The maximum absolute atomic E-state index is 13.5. The third kappa shape index (κ3) is 3.09. The van der Waals surface area contributed by atoms with Gasteiger partial charge in [-0.15, -0.1) is 0 Å². The molecule has 0 unspecified atom stereocenters. The summed E-state index contributed by atoms with van der Waals surface area (Å²) in [5.74, 6) is -0.553. The third-order valence-corrected chi connectivity index (χ3v) is 4.50. The van der Waals surface area contributed by atoms with E-state index in [0.717, 1.165) is 37.8 Å². The first-order valence-electron chi connectivity index (χ1n) is 6.46. The Balaban J connectivity index is 2.20. The largest absolute Gasteiger partial charge is 0.396 e. The van der Waals surface area contributed by atoms with E-state index < -0.39 is 10.7 Å². The van der Waals surface area contributed by atoms with Crippen molar-refractivity contribution in [1.29, 1.82) is 0 Å².